The molecule has 1 N–H and O–H groups in total. The molecule has 0 spiro atoms. The van der Waals surface area contributed by atoms with Gasteiger partial charge in [0.1, 0.15) is 6.33 Å². The Bertz CT molecular complexity index is 228. The van der Waals surface area contributed by atoms with E-state index in [2.05, 4.69) is 15.3 Å². The van der Waals surface area contributed by atoms with E-state index in [4.69, 9.17) is 4.74 Å². The van der Waals surface area contributed by atoms with Gasteiger partial charge in [0.05, 0.1) is 12.6 Å². The zero-order valence-corrected chi connectivity index (χ0v) is 8.03. The second kappa shape index (κ2) is 5.61. The molecule has 4 heteroatoms. The number of rotatable bonds is 5. The van der Waals surface area contributed by atoms with Gasteiger partial charge in [-0.1, -0.05) is 0 Å². The lowest BCUT2D eigenvalue weighted by Crippen LogP contribution is -2.22. The topological polar surface area (TPSA) is 47.0 Å². The highest BCUT2D eigenvalue weighted by atomic mass is 16.5. The van der Waals surface area contributed by atoms with Gasteiger partial charge < -0.3 is 10.1 Å². The smallest absolute Gasteiger partial charge is 0.115 e. The van der Waals surface area contributed by atoms with E-state index >= 15 is 0 Å². The number of likely N-dealkylation sites (N-methyl/N-ethyl adjacent to an activating group) is 1. The first kappa shape index (κ1) is 10.1. The third-order valence-corrected chi connectivity index (χ3v) is 1.82. The first-order chi connectivity index (χ1) is 6.38. The van der Waals surface area contributed by atoms with E-state index in [-0.39, 0.29) is 6.04 Å². The molecular weight excluding hydrogens is 166 g/mol. The molecule has 72 valence electrons. The Kier molecular flexibility index (Phi) is 4.35. The number of ether oxygens (including phenoxy) is 1. The van der Waals surface area contributed by atoms with Gasteiger partial charge in [-0.25, -0.2) is 9.97 Å². The number of hydrogen-bond donors (Lipinski definition) is 1. The van der Waals surface area contributed by atoms with Crippen LogP contribution in [-0.4, -0.2) is 30.2 Å². The summed E-state index contributed by atoms with van der Waals surface area (Å²) in [4.78, 5) is 7.91. The highest BCUT2D eigenvalue weighted by Crippen LogP contribution is 2.09. The molecule has 0 amide bonds. The molecule has 0 aliphatic carbocycles. The van der Waals surface area contributed by atoms with Gasteiger partial charge in [0, 0.05) is 24.6 Å². The van der Waals surface area contributed by atoms with Crippen LogP contribution in [0.3, 0.4) is 0 Å². The molecule has 1 heterocycles. The van der Waals surface area contributed by atoms with Gasteiger partial charge in [-0.05, 0) is 14.0 Å². The van der Waals surface area contributed by atoms with Crippen LogP contribution in [0.15, 0.2) is 18.7 Å². The molecule has 0 fully saturated rings. The van der Waals surface area contributed by atoms with E-state index in [0.29, 0.717) is 6.61 Å². The number of nitrogens with one attached hydrogen (secondary N) is 1. The minimum Gasteiger partial charge on any atom is -0.380 e. The fraction of sp³-hybridized carbons (Fsp3) is 0.556. The summed E-state index contributed by atoms with van der Waals surface area (Å²) in [5, 5.41) is 3.15. The predicted molar refractivity (Wildman–Crippen MR) is 50.3 cm³/mol. The average molecular weight is 181 g/mol. The van der Waals surface area contributed by atoms with Gasteiger partial charge in [0.25, 0.3) is 0 Å². The van der Waals surface area contributed by atoms with Gasteiger partial charge in [-0.3, -0.25) is 0 Å². The van der Waals surface area contributed by atoms with Crippen molar-refractivity contribution in [2.75, 3.05) is 20.3 Å². The van der Waals surface area contributed by atoms with E-state index in [0.717, 1.165) is 12.2 Å². The molecule has 1 aromatic rings. The number of nitrogens with zero attached hydrogens (tertiary/aromatic N) is 2. The molecule has 0 radical (unpaired) electrons. The first-order valence-corrected chi connectivity index (χ1v) is 4.38. The van der Waals surface area contributed by atoms with Crippen molar-refractivity contribution >= 4 is 0 Å². The van der Waals surface area contributed by atoms with Gasteiger partial charge in [-0.2, -0.15) is 0 Å². The third-order valence-electron chi connectivity index (χ3n) is 1.82. The molecule has 1 rings (SSSR count). The predicted octanol–water partition coefficient (Wildman–Crippen LogP) is 0.774. The standard InChI is InChI=1S/C9H15N3O/c1-3-13-6-9(10-2)8-4-11-7-12-5-8/h4-5,7,9-10H,3,6H2,1-2H3. The molecule has 0 aliphatic heterocycles. The molecule has 0 bridgehead atoms. The van der Waals surface area contributed by atoms with Gasteiger partial charge in [0.2, 0.25) is 0 Å². The molecule has 0 saturated carbocycles. The Hall–Kier alpha value is -1.00. The molecular formula is C9H15N3O. The molecule has 4 nitrogen and oxygen atoms in total. The van der Waals surface area contributed by atoms with Gasteiger partial charge >= 0.3 is 0 Å². The van der Waals surface area contributed by atoms with Crippen molar-refractivity contribution in [2.45, 2.75) is 13.0 Å². The van der Waals surface area contributed by atoms with Crippen LogP contribution in [0.25, 0.3) is 0 Å². The van der Waals surface area contributed by atoms with E-state index in [1.807, 2.05) is 14.0 Å². The zero-order chi connectivity index (χ0) is 9.52. The first-order valence-electron chi connectivity index (χ1n) is 4.38. The highest BCUT2D eigenvalue weighted by molar-refractivity contribution is 5.08. The van der Waals surface area contributed by atoms with E-state index in [1.54, 1.807) is 12.4 Å². The lowest BCUT2D eigenvalue weighted by Gasteiger charge is -2.14. The summed E-state index contributed by atoms with van der Waals surface area (Å²) in [6.07, 6.45) is 5.12. The summed E-state index contributed by atoms with van der Waals surface area (Å²) in [6.45, 7) is 3.36. The van der Waals surface area contributed by atoms with Crippen molar-refractivity contribution in [1.82, 2.24) is 15.3 Å². The van der Waals surface area contributed by atoms with Crippen LogP contribution in [0.5, 0.6) is 0 Å². The van der Waals surface area contributed by atoms with Crippen LogP contribution in [0, 0.1) is 0 Å². The molecule has 0 saturated heterocycles. The molecule has 0 aromatic carbocycles. The second-order valence-electron chi connectivity index (χ2n) is 2.67. The minimum atomic E-state index is 0.182. The van der Waals surface area contributed by atoms with Crippen molar-refractivity contribution < 1.29 is 4.74 Å². The Labute approximate surface area is 78.4 Å². The average Bonchev–Trinajstić information content (AvgIpc) is 2.21. The second-order valence-corrected chi connectivity index (χ2v) is 2.67. The number of hydrogen-bond acceptors (Lipinski definition) is 4. The molecule has 1 atom stereocenters. The summed E-state index contributed by atoms with van der Waals surface area (Å²) < 4.78 is 5.32. The Morgan fingerprint density at radius 1 is 1.46 bits per heavy atom. The quantitative estimate of drug-likeness (QED) is 0.729. The maximum Gasteiger partial charge on any atom is 0.115 e. The Morgan fingerprint density at radius 3 is 2.69 bits per heavy atom. The van der Waals surface area contributed by atoms with Crippen LogP contribution in [0.2, 0.25) is 0 Å². The van der Waals surface area contributed by atoms with E-state index in [9.17, 15) is 0 Å². The van der Waals surface area contributed by atoms with Crippen molar-refractivity contribution in [3.05, 3.63) is 24.3 Å². The number of aromatic nitrogens is 2. The zero-order valence-electron chi connectivity index (χ0n) is 8.03. The van der Waals surface area contributed by atoms with Gasteiger partial charge in [0.15, 0.2) is 0 Å². The molecule has 0 aliphatic rings. The van der Waals surface area contributed by atoms with Crippen LogP contribution < -0.4 is 5.32 Å². The van der Waals surface area contributed by atoms with E-state index in [1.165, 1.54) is 6.33 Å². The largest absolute Gasteiger partial charge is 0.380 e. The van der Waals surface area contributed by atoms with Crippen LogP contribution in [-0.2, 0) is 4.74 Å². The summed E-state index contributed by atoms with van der Waals surface area (Å²) in [6, 6.07) is 0.182. The minimum absolute atomic E-state index is 0.182. The maximum atomic E-state index is 5.32. The van der Waals surface area contributed by atoms with Crippen molar-refractivity contribution in [3.63, 3.8) is 0 Å². The molecule has 1 unspecified atom stereocenters. The maximum absolute atomic E-state index is 5.32. The summed E-state index contributed by atoms with van der Waals surface area (Å²) in [5.74, 6) is 0. The lowest BCUT2D eigenvalue weighted by atomic mass is 10.2. The Morgan fingerprint density at radius 2 is 2.15 bits per heavy atom. The lowest BCUT2D eigenvalue weighted by molar-refractivity contribution is 0.125. The highest BCUT2D eigenvalue weighted by Gasteiger charge is 2.08. The summed E-state index contributed by atoms with van der Waals surface area (Å²) in [5.41, 5.74) is 1.05. The van der Waals surface area contributed by atoms with Crippen LogP contribution in [0.1, 0.15) is 18.5 Å². The van der Waals surface area contributed by atoms with Crippen molar-refractivity contribution in [3.8, 4) is 0 Å². The SMILES string of the molecule is CCOCC(NC)c1cncnc1. The summed E-state index contributed by atoms with van der Waals surface area (Å²) in [7, 11) is 1.90. The fourth-order valence-corrected chi connectivity index (χ4v) is 1.07. The third kappa shape index (κ3) is 3.08. The fourth-order valence-electron chi connectivity index (χ4n) is 1.07. The van der Waals surface area contributed by atoms with Crippen molar-refractivity contribution in [1.29, 1.82) is 0 Å². The summed E-state index contributed by atoms with van der Waals surface area (Å²) >= 11 is 0. The van der Waals surface area contributed by atoms with E-state index < -0.39 is 0 Å². The normalized spacial score (nSPS) is 12.8. The van der Waals surface area contributed by atoms with Crippen LogP contribution in [0.4, 0.5) is 0 Å². The van der Waals surface area contributed by atoms with Crippen LogP contribution >= 0.6 is 0 Å². The monoisotopic (exact) mass is 181 g/mol. The molecule has 1 aromatic heterocycles. The molecule has 13 heavy (non-hydrogen) atoms. The van der Waals surface area contributed by atoms with Gasteiger partial charge in [-0.15, -0.1) is 0 Å². The van der Waals surface area contributed by atoms with Crippen molar-refractivity contribution in [2.24, 2.45) is 0 Å². The Balaban J connectivity index is 2.56.